The van der Waals surface area contributed by atoms with E-state index >= 15 is 0 Å². The molecule has 1 aromatic heterocycles. The fourth-order valence-electron chi connectivity index (χ4n) is 3.19. The summed E-state index contributed by atoms with van der Waals surface area (Å²) >= 11 is 0. The van der Waals surface area contributed by atoms with Crippen LogP contribution >= 0.6 is 0 Å². The summed E-state index contributed by atoms with van der Waals surface area (Å²) < 4.78 is 22.7. The number of hydrogen-bond donors (Lipinski definition) is 1. The van der Waals surface area contributed by atoms with Gasteiger partial charge in [-0.3, -0.25) is 0 Å². The third-order valence-electron chi connectivity index (χ3n) is 4.54. The molecule has 0 aliphatic carbocycles. The Morgan fingerprint density at radius 3 is 2.48 bits per heavy atom. The number of nitrogens with two attached hydrogens (primary N) is 1. The van der Waals surface area contributed by atoms with Gasteiger partial charge < -0.3 is 9.80 Å². The minimum Gasteiger partial charge on any atom is -0.371 e. The topological polar surface area (TPSA) is 79.5 Å². The Morgan fingerprint density at radius 1 is 1.12 bits per heavy atom. The van der Waals surface area contributed by atoms with Crippen molar-refractivity contribution < 1.29 is 8.42 Å². The molecular weight excluding hydrogens is 336 g/mol. The molecule has 3 rings (SSSR count). The Labute approximate surface area is 149 Å². The van der Waals surface area contributed by atoms with Gasteiger partial charge in [-0.05, 0) is 43.0 Å². The Balaban J connectivity index is 1.78. The third-order valence-corrected chi connectivity index (χ3v) is 5.43. The molecule has 0 radical (unpaired) electrons. The van der Waals surface area contributed by atoms with Crippen molar-refractivity contribution in [1.29, 1.82) is 0 Å². The Bertz CT molecular complexity index is 815. The molecule has 0 saturated carbocycles. The fraction of sp³-hybridized carbons (Fsp3) is 0.389. The van der Waals surface area contributed by atoms with Gasteiger partial charge >= 0.3 is 0 Å². The van der Waals surface area contributed by atoms with Crippen LogP contribution in [-0.4, -0.2) is 33.5 Å². The first kappa shape index (κ1) is 17.7. The first-order valence-corrected chi connectivity index (χ1v) is 10.0. The first-order valence-electron chi connectivity index (χ1n) is 8.48. The van der Waals surface area contributed by atoms with Crippen molar-refractivity contribution in [2.75, 3.05) is 29.9 Å². The minimum atomic E-state index is -3.71. The second-order valence-electron chi connectivity index (χ2n) is 6.43. The van der Waals surface area contributed by atoms with Crippen LogP contribution in [0.2, 0.25) is 0 Å². The predicted octanol–water partition coefficient (Wildman–Crippen LogP) is 2.36. The van der Waals surface area contributed by atoms with E-state index in [1.165, 1.54) is 42.8 Å². The SMILES string of the molecule is CN(Cc1ccccc1N1CCCCC1)c1ccc(S(N)(=O)=O)cn1. The largest absolute Gasteiger partial charge is 0.371 e. The van der Waals surface area contributed by atoms with Crippen LogP contribution < -0.4 is 14.9 Å². The lowest BCUT2D eigenvalue weighted by Crippen LogP contribution is -2.31. The van der Waals surface area contributed by atoms with E-state index in [-0.39, 0.29) is 4.90 Å². The number of pyridine rings is 1. The molecule has 2 aromatic rings. The van der Waals surface area contributed by atoms with Crippen LogP contribution in [0.25, 0.3) is 0 Å². The van der Waals surface area contributed by atoms with Crippen molar-refractivity contribution in [2.24, 2.45) is 5.14 Å². The summed E-state index contributed by atoms with van der Waals surface area (Å²) in [6, 6.07) is 11.6. The molecule has 6 nitrogen and oxygen atoms in total. The van der Waals surface area contributed by atoms with Crippen molar-refractivity contribution in [1.82, 2.24) is 4.98 Å². The highest BCUT2D eigenvalue weighted by molar-refractivity contribution is 7.89. The van der Waals surface area contributed by atoms with E-state index in [2.05, 4.69) is 28.1 Å². The van der Waals surface area contributed by atoms with Gasteiger partial charge in [-0.1, -0.05) is 18.2 Å². The van der Waals surface area contributed by atoms with Crippen LogP contribution in [0.3, 0.4) is 0 Å². The molecule has 134 valence electrons. The molecule has 0 spiro atoms. The van der Waals surface area contributed by atoms with E-state index in [0.29, 0.717) is 12.4 Å². The number of hydrogen-bond acceptors (Lipinski definition) is 5. The van der Waals surface area contributed by atoms with E-state index < -0.39 is 10.0 Å². The summed E-state index contributed by atoms with van der Waals surface area (Å²) in [4.78, 5) is 8.72. The van der Waals surface area contributed by atoms with Gasteiger partial charge in [-0.25, -0.2) is 18.5 Å². The van der Waals surface area contributed by atoms with Gasteiger partial charge in [-0.15, -0.1) is 0 Å². The summed E-state index contributed by atoms with van der Waals surface area (Å²) in [6.45, 7) is 2.90. The molecule has 1 aliphatic rings. The number of anilines is 2. The first-order chi connectivity index (χ1) is 11.9. The van der Waals surface area contributed by atoms with Gasteiger partial charge in [0.15, 0.2) is 0 Å². The Morgan fingerprint density at radius 2 is 1.84 bits per heavy atom. The molecule has 1 aromatic carbocycles. The van der Waals surface area contributed by atoms with Crippen molar-refractivity contribution in [2.45, 2.75) is 30.7 Å². The zero-order valence-corrected chi connectivity index (χ0v) is 15.2. The maximum atomic E-state index is 11.3. The van der Waals surface area contributed by atoms with Crippen LogP contribution in [0, 0.1) is 0 Å². The van der Waals surface area contributed by atoms with E-state index in [0.717, 1.165) is 13.1 Å². The molecule has 25 heavy (non-hydrogen) atoms. The van der Waals surface area contributed by atoms with Gasteiger partial charge in [0, 0.05) is 38.6 Å². The van der Waals surface area contributed by atoms with Crippen LogP contribution in [0.5, 0.6) is 0 Å². The highest BCUT2D eigenvalue weighted by atomic mass is 32.2. The average Bonchev–Trinajstić information content (AvgIpc) is 2.62. The second kappa shape index (κ2) is 7.41. The van der Waals surface area contributed by atoms with Gasteiger partial charge in [0.25, 0.3) is 0 Å². The maximum Gasteiger partial charge on any atom is 0.239 e. The number of piperidine rings is 1. The highest BCUT2D eigenvalue weighted by Gasteiger charge is 2.16. The number of primary sulfonamides is 1. The number of rotatable bonds is 5. The monoisotopic (exact) mass is 360 g/mol. The summed E-state index contributed by atoms with van der Waals surface area (Å²) in [5.74, 6) is 0.709. The van der Waals surface area contributed by atoms with E-state index in [1.54, 1.807) is 6.07 Å². The van der Waals surface area contributed by atoms with Crippen molar-refractivity contribution >= 4 is 21.5 Å². The number of nitrogens with zero attached hydrogens (tertiary/aromatic N) is 3. The third kappa shape index (κ3) is 4.29. The van der Waals surface area contributed by atoms with Gasteiger partial charge in [0.1, 0.15) is 10.7 Å². The average molecular weight is 360 g/mol. The van der Waals surface area contributed by atoms with Gasteiger partial charge in [0.05, 0.1) is 0 Å². The lowest BCUT2D eigenvalue weighted by Gasteiger charge is -2.31. The van der Waals surface area contributed by atoms with Crippen LogP contribution in [0.15, 0.2) is 47.5 Å². The summed E-state index contributed by atoms with van der Waals surface area (Å²) in [5, 5.41) is 5.12. The zero-order valence-electron chi connectivity index (χ0n) is 14.4. The number of para-hydroxylation sites is 1. The molecule has 2 N–H and O–H groups in total. The molecule has 0 bridgehead atoms. The summed E-state index contributed by atoms with van der Waals surface area (Å²) in [7, 11) is -1.76. The minimum absolute atomic E-state index is 0.0263. The van der Waals surface area contributed by atoms with Crippen molar-refractivity contribution in [3.63, 3.8) is 0 Å². The predicted molar refractivity (Wildman–Crippen MR) is 100 cm³/mol. The van der Waals surface area contributed by atoms with Crippen LogP contribution in [-0.2, 0) is 16.6 Å². The zero-order chi connectivity index (χ0) is 17.9. The van der Waals surface area contributed by atoms with Crippen LogP contribution in [0.4, 0.5) is 11.5 Å². The van der Waals surface area contributed by atoms with E-state index in [9.17, 15) is 8.42 Å². The molecule has 0 amide bonds. The van der Waals surface area contributed by atoms with Crippen molar-refractivity contribution in [3.05, 3.63) is 48.2 Å². The Kier molecular flexibility index (Phi) is 5.24. The van der Waals surface area contributed by atoms with Crippen LogP contribution in [0.1, 0.15) is 24.8 Å². The van der Waals surface area contributed by atoms with Gasteiger partial charge in [0.2, 0.25) is 10.0 Å². The van der Waals surface area contributed by atoms with Gasteiger partial charge in [-0.2, -0.15) is 0 Å². The fourth-order valence-corrected chi connectivity index (χ4v) is 3.65. The lowest BCUT2D eigenvalue weighted by atomic mass is 10.1. The quantitative estimate of drug-likeness (QED) is 0.885. The van der Waals surface area contributed by atoms with E-state index in [1.807, 2.05) is 18.0 Å². The summed E-state index contributed by atoms with van der Waals surface area (Å²) in [6.07, 6.45) is 5.08. The highest BCUT2D eigenvalue weighted by Crippen LogP contribution is 2.26. The molecule has 0 unspecified atom stereocenters. The normalized spacial score (nSPS) is 15.2. The number of benzene rings is 1. The lowest BCUT2D eigenvalue weighted by molar-refractivity contribution is 0.576. The standard InChI is InChI=1S/C18H24N4O2S/c1-21(18-10-9-16(13-20-18)25(19,23)24)14-15-7-3-4-8-17(15)22-11-5-2-6-12-22/h3-4,7-10,13H,2,5-6,11-12,14H2,1H3,(H2,19,23,24). The Hall–Kier alpha value is -2.12. The molecule has 1 fully saturated rings. The number of sulfonamides is 1. The molecule has 1 aliphatic heterocycles. The molecule has 0 atom stereocenters. The second-order valence-corrected chi connectivity index (χ2v) is 7.99. The molecule has 1 saturated heterocycles. The summed E-state index contributed by atoms with van der Waals surface area (Å²) in [5.41, 5.74) is 2.51. The number of aromatic nitrogens is 1. The molecular formula is C18H24N4O2S. The van der Waals surface area contributed by atoms with E-state index in [4.69, 9.17) is 5.14 Å². The van der Waals surface area contributed by atoms with Crippen molar-refractivity contribution in [3.8, 4) is 0 Å². The molecule has 2 heterocycles. The molecule has 7 heteroatoms. The smallest absolute Gasteiger partial charge is 0.239 e. The maximum absolute atomic E-state index is 11.3.